The van der Waals surface area contributed by atoms with Crippen molar-refractivity contribution < 1.29 is 14.3 Å². The molecule has 23 heavy (non-hydrogen) atoms. The molecule has 1 aromatic rings. The number of nitrogens with zero attached hydrogens (tertiary/aromatic N) is 3. The van der Waals surface area contributed by atoms with E-state index >= 15 is 0 Å². The van der Waals surface area contributed by atoms with E-state index in [2.05, 4.69) is 20.2 Å². The maximum atomic E-state index is 11.5. The third kappa shape index (κ3) is 4.87. The van der Waals surface area contributed by atoms with Crippen LogP contribution in [0.4, 0.5) is 0 Å². The van der Waals surface area contributed by atoms with Crippen LogP contribution >= 0.6 is 0 Å². The first kappa shape index (κ1) is 17.6. The van der Waals surface area contributed by atoms with Crippen LogP contribution in [0.5, 0.6) is 6.01 Å². The second-order valence-electron chi connectivity index (χ2n) is 5.95. The number of nitrogens with one attached hydrogen (secondary N) is 1. The number of aromatic nitrogens is 2. The van der Waals surface area contributed by atoms with E-state index in [1.165, 1.54) is 0 Å². The van der Waals surface area contributed by atoms with Gasteiger partial charge in [-0.15, -0.1) is 0 Å². The summed E-state index contributed by atoms with van der Waals surface area (Å²) in [7, 11) is 4.96. The van der Waals surface area contributed by atoms with Crippen molar-refractivity contribution in [3.8, 4) is 6.01 Å². The number of amides is 1. The highest BCUT2D eigenvalue weighted by molar-refractivity contribution is 5.75. The van der Waals surface area contributed by atoms with E-state index < -0.39 is 0 Å². The lowest BCUT2D eigenvalue weighted by molar-refractivity contribution is -0.124. The predicted octanol–water partition coefficient (Wildman–Crippen LogP) is 0.992. The summed E-state index contributed by atoms with van der Waals surface area (Å²) >= 11 is 0. The Morgan fingerprint density at radius 3 is 2.74 bits per heavy atom. The van der Waals surface area contributed by atoms with Gasteiger partial charge < -0.3 is 14.8 Å². The van der Waals surface area contributed by atoms with Gasteiger partial charge in [0.05, 0.1) is 12.7 Å². The van der Waals surface area contributed by atoms with Crippen molar-refractivity contribution in [1.82, 2.24) is 20.2 Å². The highest BCUT2D eigenvalue weighted by atomic mass is 16.5. The van der Waals surface area contributed by atoms with E-state index in [9.17, 15) is 4.79 Å². The molecule has 2 rings (SSSR count). The minimum absolute atomic E-state index is 0.0575. The smallest absolute Gasteiger partial charge is 0.316 e. The Bertz CT molecular complexity index is 509. The van der Waals surface area contributed by atoms with Crippen molar-refractivity contribution in [3.05, 3.63) is 18.0 Å². The van der Waals surface area contributed by atoms with E-state index in [-0.39, 0.29) is 11.5 Å². The molecule has 0 saturated carbocycles. The molecule has 1 aromatic heterocycles. The van der Waals surface area contributed by atoms with E-state index in [4.69, 9.17) is 9.47 Å². The zero-order valence-corrected chi connectivity index (χ0v) is 14.2. The molecule has 0 unspecified atom stereocenters. The van der Waals surface area contributed by atoms with Gasteiger partial charge in [-0.05, 0) is 25.8 Å². The lowest BCUT2D eigenvalue weighted by atomic mass is 9.87. The Hall–Kier alpha value is -1.73. The van der Waals surface area contributed by atoms with Gasteiger partial charge in [-0.25, -0.2) is 9.97 Å². The third-order valence-electron chi connectivity index (χ3n) is 4.41. The average molecular weight is 322 g/mol. The van der Waals surface area contributed by atoms with Crippen molar-refractivity contribution in [2.45, 2.75) is 37.8 Å². The van der Waals surface area contributed by atoms with Crippen molar-refractivity contribution in [1.29, 1.82) is 0 Å². The fraction of sp³-hybridized carbons (Fsp3) is 0.688. The number of rotatable bonds is 7. The van der Waals surface area contributed by atoms with Crippen LogP contribution in [-0.4, -0.2) is 60.7 Å². The number of carbonyl (C=O) groups excluding carboxylic acids is 1. The number of hydrogen-bond donors (Lipinski definition) is 1. The fourth-order valence-electron chi connectivity index (χ4n) is 3.05. The molecule has 0 spiro atoms. The summed E-state index contributed by atoms with van der Waals surface area (Å²) < 4.78 is 10.8. The van der Waals surface area contributed by atoms with Gasteiger partial charge in [-0.1, -0.05) is 0 Å². The van der Waals surface area contributed by atoms with Crippen LogP contribution in [0, 0.1) is 0 Å². The van der Waals surface area contributed by atoms with Gasteiger partial charge in [-0.2, -0.15) is 0 Å². The summed E-state index contributed by atoms with van der Waals surface area (Å²) in [5, 5.41) is 2.67. The van der Waals surface area contributed by atoms with Crippen LogP contribution in [0.25, 0.3) is 0 Å². The Labute approximate surface area is 137 Å². The summed E-state index contributed by atoms with van der Waals surface area (Å²) in [4.78, 5) is 22.2. The minimum Gasteiger partial charge on any atom is -0.467 e. The predicted molar refractivity (Wildman–Crippen MR) is 86.1 cm³/mol. The quantitative estimate of drug-likeness (QED) is 0.807. The van der Waals surface area contributed by atoms with Gasteiger partial charge in [0.2, 0.25) is 5.91 Å². The molecule has 7 nitrogen and oxygen atoms in total. The molecule has 1 fully saturated rings. The van der Waals surface area contributed by atoms with Crippen molar-refractivity contribution >= 4 is 5.91 Å². The van der Waals surface area contributed by atoms with Gasteiger partial charge in [0.25, 0.3) is 0 Å². The molecule has 1 atom stereocenters. The van der Waals surface area contributed by atoms with E-state index in [1.54, 1.807) is 33.7 Å². The molecular formula is C16H26N4O3. The van der Waals surface area contributed by atoms with Gasteiger partial charge in [0.1, 0.15) is 0 Å². The molecule has 1 aliphatic heterocycles. The Morgan fingerprint density at radius 1 is 1.39 bits per heavy atom. The second-order valence-corrected chi connectivity index (χ2v) is 5.95. The standard InChI is InChI=1S/C16H26N4O3/c1-17-14(21)5-7-16(23-3)6-4-8-20(12-16)11-13-9-18-15(22-2)19-10-13/h9-10H,4-8,11-12H2,1-3H3,(H,17,21)/t16-/m0/s1. The van der Waals surface area contributed by atoms with Crippen LogP contribution in [0.3, 0.4) is 0 Å². The van der Waals surface area contributed by atoms with Crippen LogP contribution in [-0.2, 0) is 16.1 Å². The first-order chi connectivity index (χ1) is 11.1. The van der Waals surface area contributed by atoms with Crippen molar-refractivity contribution in [2.24, 2.45) is 0 Å². The van der Waals surface area contributed by atoms with Gasteiger partial charge in [0, 0.05) is 51.6 Å². The topological polar surface area (TPSA) is 76.6 Å². The Morgan fingerprint density at radius 2 is 2.13 bits per heavy atom. The Kier molecular flexibility index (Phi) is 6.29. The molecule has 0 aromatic carbocycles. The number of carbonyl (C=O) groups is 1. The number of methoxy groups -OCH3 is 2. The fourth-order valence-corrected chi connectivity index (χ4v) is 3.05. The first-order valence-corrected chi connectivity index (χ1v) is 7.94. The van der Waals surface area contributed by atoms with Crippen LogP contribution in [0.2, 0.25) is 0 Å². The lowest BCUT2D eigenvalue weighted by Gasteiger charge is -2.42. The molecule has 2 heterocycles. The summed E-state index contributed by atoms with van der Waals surface area (Å²) in [6.45, 7) is 2.60. The van der Waals surface area contributed by atoms with Crippen LogP contribution in [0.15, 0.2) is 12.4 Å². The molecule has 0 bridgehead atoms. The van der Waals surface area contributed by atoms with Crippen LogP contribution in [0.1, 0.15) is 31.2 Å². The molecule has 0 aliphatic carbocycles. The number of piperidine rings is 1. The molecule has 7 heteroatoms. The molecule has 1 N–H and O–H groups in total. The normalized spacial score (nSPS) is 21.9. The lowest BCUT2D eigenvalue weighted by Crippen LogP contribution is -2.49. The maximum Gasteiger partial charge on any atom is 0.316 e. The molecule has 128 valence electrons. The third-order valence-corrected chi connectivity index (χ3v) is 4.41. The molecule has 0 radical (unpaired) electrons. The molecular weight excluding hydrogens is 296 g/mol. The largest absolute Gasteiger partial charge is 0.467 e. The summed E-state index contributed by atoms with van der Waals surface area (Å²) in [6, 6.07) is 0.379. The highest BCUT2D eigenvalue weighted by Crippen LogP contribution is 2.30. The zero-order valence-electron chi connectivity index (χ0n) is 14.2. The summed E-state index contributed by atoms with van der Waals surface area (Å²) in [6.07, 6.45) is 6.84. The zero-order chi connectivity index (χ0) is 16.7. The second kappa shape index (κ2) is 8.21. The molecule has 1 aliphatic rings. The van der Waals surface area contributed by atoms with Gasteiger partial charge in [0.15, 0.2) is 0 Å². The number of likely N-dealkylation sites (tertiary alicyclic amines) is 1. The molecule has 1 amide bonds. The SMILES string of the molecule is CNC(=O)CC[C@@]1(OC)CCCN(Cc2cnc(OC)nc2)C1. The van der Waals surface area contributed by atoms with E-state index in [0.717, 1.165) is 44.5 Å². The summed E-state index contributed by atoms with van der Waals surface area (Å²) in [5.74, 6) is 0.0575. The van der Waals surface area contributed by atoms with Crippen molar-refractivity contribution in [2.75, 3.05) is 34.4 Å². The Balaban J connectivity index is 1.96. The minimum atomic E-state index is -0.252. The number of ether oxygens (including phenoxy) is 2. The van der Waals surface area contributed by atoms with E-state index in [0.29, 0.717) is 12.4 Å². The highest BCUT2D eigenvalue weighted by Gasteiger charge is 2.35. The van der Waals surface area contributed by atoms with Crippen molar-refractivity contribution in [3.63, 3.8) is 0 Å². The summed E-state index contributed by atoms with van der Waals surface area (Å²) in [5.41, 5.74) is 0.793. The van der Waals surface area contributed by atoms with Gasteiger partial charge >= 0.3 is 6.01 Å². The molecule has 1 saturated heterocycles. The van der Waals surface area contributed by atoms with Crippen LogP contribution < -0.4 is 10.1 Å². The first-order valence-electron chi connectivity index (χ1n) is 7.94. The van der Waals surface area contributed by atoms with E-state index in [1.807, 2.05) is 0 Å². The maximum absolute atomic E-state index is 11.5. The van der Waals surface area contributed by atoms with Gasteiger partial charge in [-0.3, -0.25) is 9.69 Å². The monoisotopic (exact) mass is 322 g/mol. The average Bonchev–Trinajstić information content (AvgIpc) is 2.60. The number of hydrogen-bond acceptors (Lipinski definition) is 6.